The van der Waals surface area contributed by atoms with Gasteiger partial charge in [-0.3, -0.25) is 9.59 Å². The molecule has 2 aromatic heterocycles. The Morgan fingerprint density at radius 3 is 2.57 bits per heavy atom. The molecule has 7 nitrogen and oxygen atoms in total. The zero-order valence-electron chi connectivity index (χ0n) is 16.6. The molecule has 30 heavy (non-hydrogen) atoms. The van der Waals surface area contributed by atoms with E-state index < -0.39 is 17.9 Å². The van der Waals surface area contributed by atoms with E-state index in [0.29, 0.717) is 10.9 Å². The van der Waals surface area contributed by atoms with Crippen molar-refractivity contribution in [3.05, 3.63) is 82.3 Å². The Hall–Kier alpha value is -3.87. The van der Waals surface area contributed by atoms with Gasteiger partial charge in [0.2, 0.25) is 0 Å². The molecule has 0 unspecified atom stereocenters. The van der Waals surface area contributed by atoms with Crippen LogP contribution in [0.4, 0.5) is 0 Å². The number of carbonyl (C=O) groups excluding carboxylic acids is 2. The molecule has 1 atom stereocenters. The number of pyridine rings is 1. The van der Waals surface area contributed by atoms with Gasteiger partial charge in [-0.1, -0.05) is 36.4 Å². The molecule has 0 saturated carbocycles. The largest absolute Gasteiger partial charge is 0.467 e. The molecule has 1 amide bonds. The Kier molecular flexibility index (Phi) is 5.10. The van der Waals surface area contributed by atoms with E-state index in [1.54, 1.807) is 31.3 Å². The van der Waals surface area contributed by atoms with Crippen molar-refractivity contribution >= 4 is 33.7 Å². The van der Waals surface area contributed by atoms with E-state index in [2.05, 4.69) is 10.3 Å². The molecule has 0 aliphatic carbocycles. The maximum Gasteiger partial charge on any atom is 0.328 e. The summed E-state index contributed by atoms with van der Waals surface area (Å²) in [5.41, 5.74) is 2.39. The van der Waals surface area contributed by atoms with E-state index in [4.69, 9.17) is 4.74 Å². The highest BCUT2D eigenvalue weighted by Crippen LogP contribution is 2.20. The Labute approximate surface area is 172 Å². The van der Waals surface area contributed by atoms with Gasteiger partial charge in [0.05, 0.1) is 18.2 Å². The van der Waals surface area contributed by atoms with Crippen molar-refractivity contribution in [1.82, 2.24) is 14.9 Å². The number of carbonyl (C=O) groups is 2. The van der Waals surface area contributed by atoms with Crippen LogP contribution in [0.25, 0.3) is 21.8 Å². The van der Waals surface area contributed by atoms with Crippen LogP contribution >= 0.6 is 0 Å². The fourth-order valence-corrected chi connectivity index (χ4v) is 3.69. The second-order valence-electron chi connectivity index (χ2n) is 7.09. The van der Waals surface area contributed by atoms with Gasteiger partial charge in [-0.05, 0) is 17.7 Å². The minimum atomic E-state index is -0.899. The smallest absolute Gasteiger partial charge is 0.328 e. The van der Waals surface area contributed by atoms with E-state index in [0.717, 1.165) is 16.5 Å². The standard InChI is InChI=1S/C23H21N3O4/c1-26-20-10-6-4-8-16(20)17(12-21(26)27)22(28)25-19(23(29)30-2)11-14-13-24-18-9-5-3-7-15(14)18/h3-10,12-13,19,24H,11H2,1-2H3,(H,25,28)/t19-/m1/s1. The zero-order chi connectivity index (χ0) is 21.3. The molecule has 2 N–H and O–H groups in total. The van der Waals surface area contributed by atoms with Gasteiger partial charge in [-0.25, -0.2) is 4.79 Å². The van der Waals surface area contributed by atoms with Crippen LogP contribution in [-0.4, -0.2) is 34.6 Å². The molecule has 0 aliphatic heterocycles. The van der Waals surface area contributed by atoms with Crippen LogP contribution in [0.5, 0.6) is 0 Å². The first-order valence-electron chi connectivity index (χ1n) is 9.52. The number of amides is 1. The van der Waals surface area contributed by atoms with Crippen molar-refractivity contribution in [2.24, 2.45) is 7.05 Å². The van der Waals surface area contributed by atoms with Gasteiger partial charge in [-0.15, -0.1) is 0 Å². The van der Waals surface area contributed by atoms with Crippen LogP contribution in [0.1, 0.15) is 15.9 Å². The third kappa shape index (κ3) is 3.45. The molecule has 0 bridgehead atoms. The SMILES string of the molecule is COC(=O)[C@@H](Cc1c[nH]c2ccccc12)NC(=O)c1cc(=O)n(C)c2ccccc12. The molecule has 0 saturated heterocycles. The van der Waals surface area contributed by atoms with Crippen molar-refractivity contribution in [1.29, 1.82) is 0 Å². The zero-order valence-corrected chi connectivity index (χ0v) is 16.6. The molecular weight excluding hydrogens is 382 g/mol. The fourth-order valence-electron chi connectivity index (χ4n) is 3.69. The highest BCUT2D eigenvalue weighted by Gasteiger charge is 2.25. The van der Waals surface area contributed by atoms with Crippen molar-refractivity contribution < 1.29 is 14.3 Å². The van der Waals surface area contributed by atoms with E-state index >= 15 is 0 Å². The summed E-state index contributed by atoms with van der Waals surface area (Å²) >= 11 is 0. The molecule has 0 aliphatic rings. The summed E-state index contributed by atoms with van der Waals surface area (Å²) in [7, 11) is 2.94. The number of aromatic nitrogens is 2. The number of H-pyrrole nitrogens is 1. The highest BCUT2D eigenvalue weighted by molar-refractivity contribution is 6.07. The average Bonchev–Trinajstić information content (AvgIpc) is 3.18. The Bertz CT molecular complexity index is 1320. The number of ether oxygens (including phenoxy) is 1. The van der Waals surface area contributed by atoms with Crippen molar-refractivity contribution in [3.8, 4) is 0 Å². The van der Waals surface area contributed by atoms with Crippen molar-refractivity contribution in [3.63, 3.8) is 0 Å². The fraction of sp³-hybridized carbons (Fsp3) is 0.174. The van der Waals surface area contributed by atoms with E-state index in [1.807, 2.05) is 30.5 Å². The first kappa shape index (κ1) is 19.4. The molecule has 4 aromatic rings. The second-order valence-corrected chi connectivity index (χ2v) is 7.09. The summed E-state index contributed by atoms with van der Waals surface area (Å²) in [6.07, 6.45) is 2.08. The van der Waals surface area contributed by atoms with Gasteiger partial charge in [-0.2, -0.15) is 0 Å². The number of para-hydroxylation sites is 2. The predicted molar refractivity (Wildman–Crippen MR) is 114 cm³/mol. The molecule has 0 radical (unpaired) electrons. The first-order chi connectivity index (χ1) is 14.5. The second kappa shape index (κ2) is 7.87. The lowest BCUT2D eigenvalue weighted by atomic mass is 10.0. The molecule has 0 fully saturated rings. The lowest BCUT2D eigenvalue weighted by Gasteiger charge is -2.17. The lowest BCUT2D eigenvalue weighted by molar-refractivity contribution is -0.142. The number of nitrogens with one attached hydrogen (secondary N) is 2. The molecule has 2 heterocycles. The Morgan fingerprint density at radius 2 is 1.80 bits per heavy atom. The molecule has 4 rings (SSSR count). The van der Waals surface area contributed by atoms with Gasteiger partial charge in [0.15, 0.2) is 0 Å². The monoisotopic (exact) mass is 403 g/mol. The van der Waals surface area contributed by atoms with Gasteiger partial charge in [0, 0.05) is 42.0 Å². The number of aryl methyl sites for hydroxylation is 1. The molecule has 0 spiro atoms. The molecule has 2 aromatic carbocycles. The summed E-state index contributed by atoms with van der Waals surface area (Å²) < 4.78 is 6.39. The Morgan fingerprint density at radius 1 is 1.10 bits per heavy atom. The van der Waals surface area contributed by atoms with Crippen LogP contribution in [0.15, 0.2) is 65.6 Å². The summed E-state index contributed by atoms with van der Waals surface area (Å²) in [6.45, 7) is 0. The van der Waals surface area contributed by atoms with E-state index in [1.165, 1.54) is 17.7 Å². The number of methoxy groups -OCH3 is 1. The van der Waals surface area contributed by atoms with Gasteiger partial charge < -0.3 is 19.6 Å². The van der Waals surface area contributed by atoms with Crippen LogP contribution < -0.4 is 10.9 Å². The van der Waals surface area contributed by atoms with E-state index in [-0.39, 0.29) is 17.5 Å². The van der Waals surface area contributed by atoms with Gasteiger partial charge in [0.1, 0.15) is 6.04 Å². The quantitative estimate of drug-likeness (QED) is 0.501. The van der Waals surface area contributed by atoms with Crippen LogP contribution in [-0.2, 0) is 23.0 Å². The summed E-state index contributed by atoms with van der Waals surface area (Å²) in [5, 5.41) is 4.35. The van der Waals surface area contributed by atoms with Crippen LogP contribution in [0.3, 0.4) is 0 Å². The van der Waals surface area contributed by atoms with Gasteiger partial charge >= 0.3 is 5.97 Å². The maximum absolute atomic E-state index is 13.1. The number of aromatic amines is 1. The average molecular weight is 403 g/mol. The highest BCUT2D eigenvalue weighted by atomic mass is 16.5. The summed E-state index contributed by atoms with van der Waals surface area (Å²) in [4.78, 5) is 41.0. The number of benzene rings is 2. The molecular formula is C23H21N3O4. The molecule has 152 valence electrons. The number of rotatable bonds is 5. The van der Waals surface area contributed by atoms with Crippen LogP contribution in [0, 0.1) is 0 Å². The maximum atomic E-state index is 13.1. The third-order valence-electron chi connectivity index (χ3n) is 5.29. The third-order valence-corrected chi connectivity index (χ3v) is 5.29. The van der Waals surface area contributed by atoms with Crippen LogP contribution in [0.2, 0.25) is 0 Å². The summed E-state index contributed by atoms with van der Waals surface area (Å²) in [5.74, 6) is -1.05. The number of hydrogen-bond donors (Lipinski definition) is 2. The minimum Gasteiger partial charge on any atom is -0.467 e. The number of hydrogen-bond acceptors (Lipinski definition) is 4. The first-order valence-corrected chi connectivity index (χ1v) is 9.52. The van der Waals surface area contributed by atoms with Gasteiger partial charge in [0.25, 0.3) is 11.5 Å². The normalized spacial score (nSPS) is 12.1. The lowest BCUT2D eigenvalue weighted by Crippen LogP contribution is -2.43. The number of nitrogens with zero attached hydrogens (tertiary/aromatic N) is 1. The van der Waals surface area contributed by atoms with Crippen molar-refractivity contribution in [2.45, 2.75) is 12.5 Å². The number of fused-ring (bicyclic) bond motifs is 2. The molecule has 7 heteroatoms. The Balaban J connectivity index is 1.68. The number of esters is 1. The predicted octanol–water partition coefficient (Wildman–Crippen LogP) is 2.53. The van der Waals surface area contributed by atoms with E-state index in [9.17, 15) is 14.4 Å². The summed E-state index contributed by atoms with van der Waals surface area (Å²) in [6, 6.07) is 15.3. The topological polar surface area (TPSA) is 93.2 Å². The van der Waals surface area contributed by atoms with Crippen molar-refractivity contribution in [2.75, 3.05) is 7.11 Å². The minimum absolute atomic E-state index is 0.224.